The number of ether oxygens (including phenoxy) is 1. The molecule has 1 aromatic carbocycles. The molecule has 0 saturated carbocycles. The van der Waals surface area contributed by atoms with Crippen LogP contribution in [-0.2, 0) is 11.3 Å². The smallest absolute Gasteiger partial charge is 0.337 e. The van der Waals surface area contributed by atoms with Crippen molar-refractivity contribution >= 4 is 23.3 Å². The number of methoxy groups -OCH3 is 1. The summed E-state index contributed by atoms with van der Waals surface area (Å²) in [4.78, 5) is 18.5. The standard InChI is InChI=1S/C25H21N3O4S/c1-30-24(29)17-7-4-6-16(14-17)20-10-11-21(32-20)23-22(19-9-2-3-12-26-19)27-25(33)28(23)15-18-8-5-13-31-18/h2-14,22-23H,15H2,1H3,(H,27,33)/t22-,23+/m0/s1. The van der Waals surface area contributed by atoms with E-state index in [1.165, 1.54) is 7.11 Å². The number of carbonyl (C=O) groups excluding carboxylic acids is 1. The molecule has 1 saturated heterocycles. The lowest BCUT2D eigenvalue weighted by Gasteiger charge is -2.25. The molecule has 1 aliphatic rings. The van der Waals surface area contributed by atoms with Gasteiger partial charge in [-0.25, -0.2) is 4.79 Å². The second-order valence-electron chi connectivity index (χ2n) is 7.61. The molecule has 7 nitrogen and oxygen atoms in total. The Bertz CT molecular complexity index is 1270. The van der Waals surface area contributed by atoms with Crippen LogP contribution in [0.5, 0.6) is 0 Å². The first-order chi connectivity index (χ1) is 16.1. The highest BCUT2D eigenvalue weighted by molar-refractivity contribution is 7.80. The number of furan rings is 2. The van der Waals surface area contributed by atoms with Crippen LogP contribution in [0.25, 0.3) is 11.3 Å². The van der Waals surface area contributed by atoms with Crippen LogP contribution in [0.1, 0.15) is 39.7 Å². The maximum Gasteiger partial charge on any atom is 0.337 e. The number of nitrogens with zero attached hydrogens (tertiary/aromatic N) is 2. The van der Waals surface area contributed by atoms with E-state index < -0.39 is 5.97 Å². The van der Waals surface area contributed by atoms with Crippen LogP contribution in [0.15, 0.2) is 88.0 Å². The minimum atomic E-state index is -0.395. The van der Waals surface area contributed by atoms with Gasteiger partial charge in [-0.1, -0.05) is 18.2 Å². The van der Waals surface area contributed by atoms with Crippen molar-refractivity contribution in [1.29, 1.82) is 0 Å². The van der Waals surface area contributed by atoms with Crippen LogP contribution in [0.4, 0.5) is 0 Å². The van der Waals surface area contributed by atoms with Crippen molar-refractivity contribution in [3.8, 4) is 11.3 Å². The molecular weight excluding hydrogens is 438 g/mol. The zero-order chi connectivity index (χ0) is 22.8. The van der Waals surface area contributed by atoms with Crippen LogP contribution in [-0.4, -0.2) is 28.1 Å². The number of hydrogen-bond acceptors (Lipinski definition) is 6. The lowest BCUT2D eigenvalue weighted by atomic mass is 10.0. The van der Waals surface area contributed by atoms with E-state index in [4.69, 9.17) is 25.8 Å². The van der Waals surface area contributed by atoms with Crippen molar-refractivity contribution in [3.63, 3.8) is 0 Å². The first-order valence-electron chi connectivity index (χ1n) is 10.4. The largest absolute Gasteiger partial charge is 0.467 e. The summed E-state index contributed by atoms with van der Waals surface area (Å²) < 4.78 is 16.7. The molecule has 1 fully saturated rings. The molecule has 0 radical (unpaired) electrons. The highest BCUT2D eigenvalue weighted by Gasteiger charge is 2.42. The van der Waals surface area contributed by atoms with E-state index in [9.17, 15) is 4.79 Å². The van der Waals surface area contributed by atoms with Crippen molar-refractivity contribution in [3.05, 3.63) is 102 Å². The van der Waals surface area contributed by atoms with Gasteiger partial charge in [-0.2, -0.15) is 0 Å². The number of benzene rings is 1. The van der Waals surface area contributed by atoms with Gasteiger partial charge in [0.05, 0.1) is 37.2 Å². The number of hydrogen-bond donors (Lipinski definition) is 1. The van der Waals surface area contributed by atoms with Crippen molar-refractivity contribution in [2.45, 2.75) is 18.6 Å². The molecule has 0 bridgehead atoms. The summed E-state index contributed by atoms with van der Waals surface area (Å²) in [6.45, 7) is 0.487. The summed E-state index contributed by atoms with van der Waals surface area (Å²) in [5.41, 5.74) is 2.10. The third kappa shape index (κ3) is 4.12. The molecule has 1 aliphatic heterocycles. The number of aromatic nitrogens is 1. The Morgan fingerprint density at radius 2 is 2.06 bits per heavy atom. The first-order valence-corrected chi connectivity index (χ1v) is 10.8. The zero-order valence-electron chi connectivity index (χ0n) is 17.8. The van der Waals surface area contributed by atoms with Crippen LogP contribution in [0.2, 0.25) is 0 Å². The fourth-order valence-corrected chi connectivity index (χ4v) is 4.34. The molecule has 5 rings (SSSR count). The molecule has 0 amide bonds. The summed E-state index contributed by atoms with van der Waals surface area (Å²) in [5.74, 6) is 1.77. The Balaban J connectivity index is 1.52. The lowest BCUT2D eigenvalue weighted by Crippen LogP contribution is -2.28. The average Bonchev–Trinajstić information content (AvgIpc) is 3.61. The van der Waals surface area contributed by atoms with Crippen LogP contribution in [0.3, 0.4) is 0 Å². The summed E-state index contributed by atoms with van der Waals surface area (Å²) in [6, 6.07) is 20.1. The number of carbonyl (C=O) groups is 1. The topological polar surface area (TPSA) is 80.7 Å². The second-order valence-corrected chi connectivity index (χ2v) is 7.99. The SMILES string of the molecule is COC(=O)c1cccc(-c2ccc([C@@H]3[C@H](c4ccccn4)NC(=S)N3Cc3ccco3)o2)c1. The zero-order valence-corrected chi connectivity index (χ0v) is 18.6. The van der Waals surface area contributed by atoms with Gasteiger partial charge in [-0.3, -0.25) is 4.98 Å². The quantitative estimate of drug-likeness (QED) is 0.322. The minimum absolute atomic E-state index is 0.200. The summed E-state index contributed by atoms with van der Waals surface area (Å²) in [6.07, 6.45) is 3.41. The molecule has 4 aromatic rings. The van der Waals surface area contributed by atoms with E-state index >= 15 is 0 Å². The Morgan fingerprint density at radius 3 is 2.82 bits per heavy atom. The molecule has 0 aliphatic carbocycles. The van der Waals surface area contributed by atoms with Gasteiger partial charge in [0.1, 0.15) is 23.3 Å². The van der Waals surface area contributed by atoms with Gasteiger partial charge in [-0.15, -0.1) is 0 Å². The van der Waals surface area contributed by atoms with E-state index in [1.54, 1.807) is 30.7 Å². The van der Waals surface area contributed by atoms with Crippen LogP contribution >= 0.6 is 12.2 Å². The third-order valence-electron chi connectivity index (χ3n) is 5.59. The third-order valence-corrected chi connectivity index (χ3v) is 5.94. The number of rotatable bonds is 6. The van der Waals surface area contributed by atoms with Gasteiger partial charge >= 0.3 is 5.97 Å². The number of thiocarbonyl (C=S) groups is 1. The first kappa shape index (κ1) is 21.0. The van der Waals surface area contributed by atoms with Gasteiger partial charge < -0.3 is 23.8 Å². The summed E-state index contributed by atoms with van der Waals surface area (Å²) >= 11 is 5.68. The summed E-state index contributed by atoms with van der Waals surface area (Å²) in [5, 5.41) is 3.99. The average molecular weight is 460 g/mol. The van der Waals surface area contributed by atoms with Crippen LogP contribution < -0.4 is 5.32 Å². The molecule has 8 heteroatoms. The van der Waals surface area contributed by atoms with Crippen molar-refractivity contribution in [2.24, 2.45) is 0 Å². The molecule has 2 atom stereocenters. The van der Waals surface area contributed by atoms with E-state index in [-0.39, 0.29) is 12.1 Å². The van der Waals surface area contributed by atoms with Gasteiger partial charge in [0, 0.05) is 11.8 Å². The predicted octanol–water partition coefficient (Wildman–Crippen LogP) is 4.89. The highest BCUT2D eigenvalue weighted by atomic mass is 32.1. The molecule has 4 heterocycles. The normalized spacial score (nSPS) is 17.7. The van der Waals surface area contributed by atoms with E-state index in [0.717, 1.165) is 22.8 Å². The number of nitrogens with one attached hydrogen (secondary N) is 1. The highest BCUT2D eigenvalue weighted by Crippen LogP contribution is 2.41. The Labute approximate surface area is 196 Å². The lowest BCUT2D eigenvalue weighted by molar-refractivity contribution is 0.0601. The van der Waals surface area contributed by atoms with Gasteiger partial charge in [0.2, 0.25) is 0 Å². The Morgan fingerprint density at radius 1 is 1.15 bits per heavy atom. The Hall–Kier alpha value is -3.91. The molecule has 0 unspecified atom stereocenters. The maximum absolute atomic E-state index is 11.9. The van der Waals surface area contributed by atoms with Crippen LogP contribution in [0, 0.1) is 0 Å². The number of esters is 1. The molecular formula is C25H21N3O4S. The van der Waals surface area contributed by atoms with Gasteiger partial charge in [-0.05, 0) is 60.7 Å². The maximum atomic E-state index is 11.9. The summed E-state index contributed by atoms with van der Waals surface area (Å²) in [7, 11) is 1.36. The number of pyridine rings is 1. The molecule has 166 valence electrons. The fraction of sp³-hybridized carbons (Fsp3) is 0.160. The minimum Gasteiger partial charge on any atom is -0.467 e. The van der Waals surface area contributed by atoms with E-state index in [1.807, 2.05) is 53.4 Å². The fourth-order valence-electron chi connectivity index (χ4n) is 4.04. The molecule has 33 heavy (non-hydrogen) atoms. The Kier molecular flexibility index (Phi) is 5.66. The van der Waals surface area contributed by atoms with Crippen molar-refractivity contribution in [1.82, 2.24) is 15.2 Å². The van der Waals surface area contributed by atoms with Gasteiger partial charge in [0.15, 0.2) is 5.11 Å². The van der Waals surface area contributed by atoms with Crippen molar-refractivity contribution in [2.75, 3.05) is 7.11 Å². The van der Waals surface area contributed by atoms with E-state index in [0.29, 0.717) is 23.0 Å². The predicted molar refractivity (Wildman–Crippen MR) is 125 cm³/mol. The molecule has 0 spiro atoms. The van der Waals surface area contributed by atoms with E-state index in [2.05, 4.69) is 10.3 Å². The van der Waals surface area contributed by atoms with Crippen molar-refractivity contribution < 1.29 is 18.4 Å². The molecule has 3 aromatic heterocycles. The molecule has 1 N–H and O–H groups in total. The van der Waals surface area contributed by atoms with Gasteiger partial charge in [0.25, 0.3) is 0 Å². The second kappa shape index (κ2) is 8.91. The monoisotopic (exact) mass is 459 g/mol.